The molecule has 6 nitrogen and oxygen atoms in total. The summed E-state index contributed by atoms with van der Waals surface area (Å²) in [6.07, 6.45) is 1.54. The Balaban J connectivity index is 2.25. The highest BCUT2D eigenvalue weighted by Crippen LogP contribution is 2.18. The highest BCUT2D eigenvalue weighted by Gasteiger charge is 2.18. The molecule has 0 amide bonds. The second-order valence-corrected chi connectivity index (χ2v) is 5.97. The zero-order valence-corrected chi connectivity index (χ0v) is 12.5. The topological polar surface area (TPSA) is 76.0 Å². The van der Waals surface area contributed by atoms with Crippen LogP contribution in [0.25, 0.3) is 0 Å². The Morgan fingerprint density at radius 2 is 1.80 bits per heavy atom. The number of hydrogen-bond donors (Lipinski definition) is 2. The summed E-state index contributed by atoms with van der Waals surface area (Å²) in [6, 6.07) is 7.00. The predicted octanol–water partition coefficient (Wildman–Crippen LogP) is 2.05. The minimum absolute atomic E-state index is 0.0366. The van der Waals surface area contributed by atoms with Crippen molar-refractivity contribution in [3.8, 4) is 0 Å². The van der Waals surface area contributed by atoms with Crippen LogP contribution in [-0.4, -0.2) is 25.0 Å². The summed E-state index contributed by atoms with van der Waals surface area (Å²) in [5, 5.41) is 3.01. The van der Waals surface area contributed by atoms with Gasteiger partial charge in [-0.25, -0.2) is 4.98 Å². The standard InChI is InChI=1S/C13H18N4O2S/c1-4-17-9-13(15-10(17)2)20(18,19)16-12-7-5-11(14-3)6-8-12/h5-9,14,16H,4H2,1-3H3. The van der Waals surface area contributed by atoms with Gasteiger partial charge < -0.3 is 9.88 Å². The van der Waals surface area contributed by atoms with E-state index in [9.17, 15) is 8.42 Å². The molecule has 0 aliphatic rings. The summed E-state index contributed by atoms with van der Waals surface area (Å²) in [7, 11) is -1.84. The van der Waals surface area contributed by atoms with Gasteiger partial charge in [-0.1, -0.05) is 0 Å². The van der Waals surface area contributed by atoms with Gasteiger partial charge in [-0.05, 0) is 38.1 Å². The third kappa shape index (κ3) is 2.93. The quantitative estimate of drug-likeness (QED) is 0.885. The first-order chi connectivity index (χ1) is 9.46. The third-order valence-electron chi connectivity index (χ3n) is 3.00. The Labute approximate surface area is 118 Å². The number of sulfonamides is 1. The molecule has 1 aromatic heterocycles. The second-order valence-electron chi connectivity index (χ2n) is 4.35. The van der Waals surface area contributed by atoms with Gasteiger partial charge in [0.15, 0.2) is 5.03 Å². The fourth-order valence-corrected chi connectivity index (χ4v) is 2.91. The fraction of sp³-hybridized carbons (Fsp3) is 0.308. The molecule has 2 aromatic rings. The molecular weight excluding hydrogens is 276 g/mol. The van der Waals surface area contributed by atoms with Crippen LogP contribution in [-0.2, 0) is 16.6 Å². The molecule has 1 heterocycles. The molecule has 0 atom stereocenters. The molecule has 0 bridgehead atoms. The molecule has 108 valence electrons. The van der Waals surface area contributed by atoms with Crippen LogP contribution in [0.5, 0.6) is 0 Å². The van der Waals surface area contributed by atoms with E-state index < -0.39 is 10.0 Å². The van der Waals surface area contributed by atoms with Crippen LogP contribution in [0.4, 0.5) is 11.4 Å². The molecule has 0 aliphatic carbocycles. The smallest absolute Gasteiger partial charge is 0.280 e. The van der Waals surface area contributed by atoms with E-state index in [1.54, 1.807) is 49.0 Å². The predicted molar refractivity (Wildman–Crippen MR) is 79.4 cm³/mol. The van der Waals surface area contributed by atoms with Crippen molar-refractivity contribution in [3.05, 3.63) is 36.3 Å². The first kappa shape index (κ1) is 14.4. The Kier molecular flexibility index (Phi) is 3.99. The molecule has 20 heavy (non-hydrogen) atoms. The van der Waals surface area contributed by atoms with Gasteiger partial charge in [0, 0.05) is 31.2 Å². The molecule has 0 fully saturated rings. The third-order valence-corrected chi connectivity index (χ3v) is 4.25. The minimum Gasteiger partial charge on any atom is -0.388 e. The molecule has 2 N–H and O–H groups in total. The van der Waals surface area contributed by atoms with Crippen LogP contribution in [0.15, 0.2) is 35.5 Å². The Hall–Kier alpha value is -2.02. The van der Waals surface area contributed by atoms with Crippen molar-refractivity contribution >= 4 is 21.4 Å². The molecule has 0 saturated carbocycles. The molecule has 2 rings (SSSR count). The molecule has 0 aliphatic heterocycles. The average molecular weight is 294 g/mol. The van der Waals surface area contributed by atoms with Crippen molar-refractivity contribution in [1.82, 2.24) is 9.55 Å². The van der Waals surface area contributed by atoms with E-state index in [0.29, 0.717) is 18.1 Å². The number of imidazole rings is 1. The van der Waals surface area contributed by atoms with Gasteiger partial charge >= 0.3 is 0 Å². The lowest BCUT2D eigenvalue weighted by atomic mass is 10.3. The average Bonchev–Trinajstić information content (AvgIpc) is 2.81. The molecule has 7 heteroatoms. The van der Waals surface area contributed by atoms with Crippen molar-refractivity contribution in [3.63, 3.8) is 0 Å². The van der Waals surface area contributed by atoms with Gasteiger partial charge in [0.1, 0.15) is 5.82 Å². The molecule has 0 spiro atoms. The first-order valence-corrected chi connectivity index (χ1v) is 7.79. The van der Waals surface area contributed by atoms with Gasteiger partial charge in [0.2, 0.25) is 0 Å². The van der Waals surface area contributed by atoms with Crippen molar-refractivity contribution in [1.29, 1.82) is 0 Å². The zero-order valence-electron chi connectivity index (χ0n) is 11.7. The van der Waals surface area contributed by atoms with Crippen LogP contribution in [0.2, 0.25) is 0 Å². The monoisotopic (exact) mass is 294 g/mol. The fourth-order valence-electron chi connectivity index (χ4n) is 1.84. The van der Waals surface area contributed by atoms with E-state index in [0.717, 1.165) is 5.69 Å². The maximum atomic E-state index is 12.2. The summed E-state index contributed by atoms with van der Waals surface area (Å²) in [5.74, 6) is 0.679. The van der Waals surface area contributed by atoms with Crippen molar-refractivity contribution in [2.45, 2.75) is 25.4 Å². The number of rotatable bonds is 5. The SMILES string of the molecule is CCn1cc(S(=O)(=O)Nc2ccc(NC)cc2)nc1C. The maximum Gasteiger partial charge on any atom is 0.280 e. The summed E-state index contributed by atoms with van der Waals surface area (Å²) in [5.41, 5.74) is 1.42. The largest absolute Gasteiger partial charge is 0.388 e. The van der Waals surface area contributed by atoms with Gasteiger partial charge in [-0.2, -0.15) is 8.42 Å². The highest BCUT2D eigenvalue weighted by molar-refractivity contribution is 7.92. The number of nitrogens with one attached hydrogen (secondary N) is 2. The normalized spacial score (nSPS) is 11.3. The lowest BCUT2D eigenvalue weighted by Gasteiger charge is -2.06. The van der Waals surface area contributed by atoms with Gasteiger partial charge in [0.25, 0.3) is 10.0 Å². The number of benzene rings is 1. The van der Waals surface area contributed by atoms with E-state index in [4.69, 9.17) is 0 Å². The van der Waals surface area contributed by atoms with Crippen LogP contribution in [0, 0.1) is 6.92 Å². The lowest BCUT2D eigenvalue weighted by molar-refractivity contribution is 0.598. The first-order valence-electron chi connectivity index (χ1n) is 6.30. The Morgan fingerprint density at radius 3 is 2.30 bits per heavy atom. The van der Waals surface area contributed by atoms with Crippen LogP contribution >= 0.6 is 0 Å². The lowest BCUT2D eigenvalue weighted by Crippen LogP contribution is -2.13. The number of aryl methyl sites for hydroxylation is 2. The molecule has 0 unspecified atom stereocenters. The van der Waals surface area contributed by atoms with E-state index >= 15 is 0 Å². The van der Waals surface area contributed by atoms with Crippen molar-refractivity contribution < 1.29 is 8.42 Å². The van der Waals surface area contributed by atoms with Crippen molar-refractivity contribution in [2.75, 3.05) is 17.1 Å². The van der Waals surface area contributed by atoms with Gasteiger partial charge in [0.05, 0.1) is 0 Å². The summed E-state index contributed by atoms with van der Waals surface area (Å²) in [4.78, 5) is 4.08. The summed E-state index contributed by atoms with van der Waals surface area (Å²) in [6.45, 7) is 4.41. The Bertz CT molecular complexity index is 690. The highest BCUT2D eigenvalue weighted by atomic mass is 32.2. The van der Waals surface area contributed by atoms with Gasteiger partial charge in [-0.3, -0.25) is 4.72 Å². The molecule has 0 radical (unpaired) electrons. The second kappa shape index (κ2) is 5.54. The van der Waals surface area contributed by atoms with E-state index in [1.807, 2.05) is 6.92 Å². The number of anilines is 2. The molecule has 0 saturated heterocycles. The van der Waals surface area contributed by atoms with Crippen LogP contribution in [0.3, 0.4) is 0 Å². The van der Waals surface area contributed by atoms with E-state index in [1.165, 1.54) is 0 Å². The van der Waals surface area contributed by atoms with E-state index in [2.05, 4.69) is 15.0 Å². The van der Waals surface area contributed by atoms with Gasteiger partial charge in [-0.15, -0.1) is 0 Å². The van der Waals surface area contributed by atoms with E-state index in [-0.39, 0.29) is 5.03 Å². The van der Waals surface area contributed by atoms with Crippen LogP contribution in [0.1, 0.15) is 12.7 Å². The minimum atomic E-state index is -3.65. The summed E-state index contributed by atoms with van der Waals surface area (Å²) >= 11 is 0. The molecular formula is C13H18N4O2S. The number of aromatic nitrogens is 2. The van der Waals surface area contributed by atoms with Crippen molar-refractivity contribution in [2.24, 2.45) is 0 Å². The molecule has 1 aromatic carbocycles. The zero-order chi connectivity index (χ0) is 14.8. The van der Waals surface area contributed by atoms with Crippen LogP contribution < -0.4 is 10.0 Å². The maximum absolute atomic E-state index is 12.2. The number of hydrogen-bond acceptors (Lipinski definition) is 4. The Morgan fingerprint density at radius 1 is 1.20 bits per heavy atom. The number of nitrogens with zero attached hydrogens (tertiary/aromatic N) is 2. The summed E-state index contributed by atoms with van der Waals surface area (Å²) < 4.78 is 28.8.